The molecule has 0 fully saturated rings. The van der Waals surface area contributed by atoms with Gasteiger partial charge in [0.05, 0.1) is 12.7 Å². The van der Waals surface area contributed by atoms with Crippen molar-refractivity contribution in [3.8, 4) is 0 Å². The van der Waals surface area contributed by atoms with Crippen LogP contribution in [0, 0.1) is 0 Å². The third kappa shape index (κ3) is 16.0. The molecule has 0 aliphatic rings. The highest BCUT2D eigenvalue weighted by atomic mass is 16.5. The van der Waals surface area contributed by atoms with Crippen molar-refractivity contribution in [2.45, 2.75) is 110 Å². The lowest BCUT2D eigenvalue weighted by molar-refractivity contribution is -0.139. The number of carbonyl (C=O) groups is 1. The quantitative estimate of drug-likeness (QED) is 0.202. The molecule has 0 aromatic rings. The maximum absolute atomic E-state index is 11.2. The van der Waals surface area contributed by atoms with Gasteiger partial charge in [0.25, 0.3) is 0 Å². The van der Waals surface area contributed by atoms with E-state index in [1.165, 1.54) is 64.2 Å². The number of ether oxygens (including phenoxy) is 1. The van der Waals surface area contributed by atoms with E-state index < -0.39 is 0 Å². The zero-order valence-electron chi connectivity index (χ0n) is 16.2. The van der Waals surface area contributed by atoms with Gasteiger partial charge in [-0.15, -0.1) is 0 Å². The summed E-state index contributed by atoms with van der Waals surface area (Å²) < 4.78 is 5.07. The Kier molecular flexibility index (Phi) is 16.4. The van der Waals surface area contributed by atoms with Crippen molar-refractivity contribution in [1.82, 2.24) is 0 Å². The van der Waals surface area contributed by atoms with Crippen LogP contribution in [0.1, 0.15) is 104 Å². The first kappa shape index (κ1) is 23.2. The van der Waals surface area contributed by atoms with E-state index in [1.807, 2.05) is 6.92 Å². The molecule has 0 radical (unpaired) electrons. The van der Waals surface area contributed by atoms with Crippen LogP contribution in [0.2, 0.25) is 0 Å². The third-order valence-electron chi connectivity index (χ3n) is 4.48. The first-order chi connectivity index (χ1) is 11.6. The molecule has 1 atom stereocenters. The molecule has 1 unspecified atom stereocenters. The summed E-state index contributed by atoms with van der Waals surface area (Å²) in [6.45, 7) is 7.82. The predicted octanol–water partition coefficient (Wildman–Crippen LogP) is 5.95. The average Bonchev–Trinajstić information content (AvgIpc) is 2.57. The Balaban J connectivity index is 3.10. The van der Waals surface area contributed by atoms with E-state index in [0.717, 1.165) is 25.7 Å². The lowest BCUT2D eigenvalue weighted by Crippen LogP contribution is -2.05. The molecule has 0 saturated heterocycles. The van der Waals surface area contributed by atoms with Crippen LogP contribution in [0.25, 0.3) is 0 Å². The fraction of sp³-hybridized carbons (Fsp3) is 0.857. The maximum Gasteiger partial charge on any atom is 0.333 e. The van der Waals surface area contributed by atoms with Gasteiger partial charge in [-0.2, -0.15) is 0 Å². The monoisotopic (exact) mass is 340 g/mol. The zero-order chi connectivity index (χ0) is 18.0. The number of aliphatic hydroxyl groups is 1. The topological polar surface area (TPSA) is 46.5 Å². The van der Waals surface area contributed by atoms with E-state index in [4.69, 9.17) is 4.74 Å². The number of esters is 1. The first-order valence-corrected chi connectivity index (χ1v) is 10.1. The van der Waals surface area contributed by atoms with Crippen LogP contribution < -0.4 is 0 Å². The number of carbonyl (C=O) groups excluding carboxylic acids is 1. The Hall–Kier alpha value is -0.830. The molecule has 1 N–H and O–H groups in total. The molecule has 0 aromatic heterocycles. The van der Waals surface area contributed by atoms with Gasteiger partial charge in [0.1, 0.15) is 0 Å². The van der Waals surface area contributed by atoms with E-state index in [0.29, 0.717) is 12.2 Å². The molecule has 3 nitrogen and oxygen atoms in total. The molecule has 0 saturated carbocycles. The van der Waals surface area contributed by atoms with Crippen molar-refractivity contribution in [1.29, 1.82) is 0 Å². The van der Waals surface area contributed by atoms with E-state index in [2.05, 4.69) is 6.58 Å². The highest BCUT2D eigenvalue weighted by Crippen LogP contribution is 2.13. The SMILES string of the molecule is C=C(C)C(=O)OCCCCCCCCCCCCCCC(O)CC. The van der Waals surface area contributed by atoms with Crippen LogP contribution in [0.3, 0.4) is 0 Å². The molecule has 0 aliphatic carbocycles. The summed E-state index contributed by atoms with van der Waals surface area (Å²) in [5, 5.41) is 9.47. The van der Waals surface area contributed by atoms with Crippen molar-refractivity contribution in [2.75, 3.05) is 6.61 Å². The highest BCUT2D eigenvalue weighted by Gasteiger charge is 2.02. The van der Waals surface area contributed by atoms with Crippen molar-refractivity contribution >= 4 is 5.97 Å². The smallest absolute Gasteiger partial charge is 0.333 e. The van der Waals surface area contributed by atoms with Crippen molar-refractivity contribution in [3.63, 3.8) is 0 Å². The fourth-order valence-corrected chi connectivity index (χ4v) is 2.74. The summed E-state index contributed by atoms with van der Waals surface area (Å²) in [6.07, 6.45) is 16.9. The molecule has 0 rings (SSSR count). The number of hydrogen-bond acceptors (Lipinski definition) is 3. The molecular formula is C21H40O3. The molecule has 142 valence electrons. The van der Waals surface area contributed by atoms with Gasteiger partial charge < -0.3 is 9.84 Å². The van der Waals surface area contributed by atoms with Crippen LogP contribution in [0.4, 0.5) is 0 Å². The van der Waals surface area contributed by atoms with E-state index in [1.54, 1.807) is 6.92 Å². The van der Waals surface area contributed by atoms with E-state index in [-0.39, 0.29) is 12.1 Å². The molecule has 0 aromatic carbocycles. The van der Waals surface area contributed by atoms with Crippen LogP contribution in [0.15, 0.2) is 12.2 Å². The van der Waals surface area contributed by atoms with Gasteiger partial charge in [0.2, 0.25) is 0 Å². The number of rotatable bonds is 17. The zero-order valence-corrected chi connectivity index (χ0v) is 16.2. The minimum atomic E-state index is -0.267. The molecular weight excluding hydrogens is 300 g/mol. The van der Waals surface area contributed by atoms with E-state index >= 15 is 0 Å². The molecule has 0 spiro atoms. The van der Waals surface area contributed by atoms with Gasteiger partial charge in [0, 0.05) is 5.57 Å². The van der Waals surface area contributed by atoms with Crippen molar-refractivity contribution in [2.24, 2.45) is 0 Å². The maximum atomic E-state index is 11.2. The van der Waals surface area contributed by atoms with Gasteiger partial charge in [-0.05, 0) is 26.2 Å². The molecule has 3 heteroatoms. The largest absolute Gasteiger partial charge is 0.462 e. The van der Waals surface area contributed by atoms with Gasteiger partial charge in [-0.3, -0.25) is 0 Å². The normalized spacial score (nSPS) is 12.1. The average molecular weight is 341 g/mol. The third-order valence-corrected chi connectivity index (χ3v) is 4.48. The lowest BCUT2D eigenvalue weighted by atomic mass is 10.0. The number of unbranched alkanes of at least 4 members (excludes halogenated alkanes) is 11. The highest BCUT2D eigenvalue weighted by molar-refractivity contribution is 5.86. The molecule has 0 bridgehead atoms. The summed E-state index contributed by atoms with van der Waals surface area (Å²) in [7, 11) is 0. The minimum absolute atomic E-state index is 0.0804. The second-order valence-electron chi connectivity index (χ2n) is 7.01. The fourth-order valence-electron chi connectivity index (χ4n) is 2.74. The van der Waals surface area contributed by atoms with Gasteiger partial charge in [0.15, 0.2) is 0 Å². The Morgan fingerprint density at radius 3 is 1.71 bits per heavy atom. The summed E-state index contributed by atoms with van der Waals surface area (Å²) in [4.78, 5) is 11.2. The molecule has 0 heterocycles. The number of hydrogen-bond donors (Lipinski definition) is 1. The second-order valence-corrected chi connectivity index (χ2v) is 7.01. The van der Waals surface area contributed by atoms with Crippen LogP contribution in [-0.4, -0.2) is 23.8 Å². The minimum Gasteiger partial charge on any atom is -0.462 e. The van der Waals surface area contributed by atoms with Crippen LogP contribution in [0.5, 0.6) is 0 Å². The van der Waals surface area contributed by atoms with Gasteiger partial charge in [-0.1, -0.05) is 84.1 Å². The summed E-state index contributed by atoms with van der Waals surface area (Å²) in [5.74, 6) is -0.267. The predicted molar refractivity (Wildman–Crippen MR) is 102 cm³/mol. The van der Waals surface area contributed by atoms with Crippen molar-refractivity contribution < 1.29 is 14.6 Å². The molecule has 24 heavy (non-hydrogen) atoms. The lowest BCUT2D eigenvalue weighted by Gasteiger charge is -2.07. The Morgan fingerprint density at radius 2 is 1.29 bits per heavy atom. The van der Waals surface area contributed by atoms with Gasteiger partial charge in [-0.25, -0.2) is 4.79 Å². The standard InChI is InChI=1S/C21H40O3/c1-4-20(22)17-15-13-11-9-7-5-6-8-10-12-14-16-18-24-21(23)19(2)3/h20,22H,2,4-18H2,1,3H3. The summed E-state index contributed by atoms with van der Waals surface area (Å²) in [5.41, 5.74) is 0.480. The Morgan fingerprint density at radius 1 is 0.875 bits per heavy atom. The molecule has 0 aliphatic heterocycles. The van der Waals surface area contributed by atoms with Gasteiger partial charge >= 0.3 is 5.97 Å². The summed E-state index contributed by atoms with van der Waals surface area (Å²) in [6, 6.07) is 0. The second kappa shape index (κ2) is 17.0. The Bertz CT molecular complexity index is 312. The summed E-state index contributed by atoms with van der Waals surface area (Å²) >= 11 is 0. The van der Waals surface area contributed by atoms with Crippen LogP contribution in [-0.2, 0) is 9.53 Å². The van der Waals surface area contributed by atoms with Crippen molar-refractivity contribution in [3.05, 3.63) is 12.2 Å². The van der Waals surface area contributed by atoms with Crippen LogP contribution >= 0.6 is 0 Å². The molecule has 0 amide bonds. The van der Waals surface area contributed by atoms with E-state index in [9.17, 15) is 9.90 Å². The Labute approximate surface area is 149 Å². The number of aliphatic hydroxyl groups excluding tert-OH is 1. The first-order valence-electron chi connectivity index (χ1n) is 10.1.